The van der Waals surface area contributed by atoms with Gasteiger partial charge in [0.15, 0.2) is 0 Å². The van der Waals surface area contributed by atoms with Gasteiger partial charge in [0.25, 0.3) is 0 Å². The van der Waals surface area contributed by atoms with Crippen LogP contribution in [0.4, 0.5) is 17.1 Å². The molecule has 2 heteroatoms. The predicted octanol–water partition coefficient (Wildman–Crippen LogP) is 17.1. The Morgan fingerprint density at radius 1 is 0.444 bits per heavy atom. The fourth-order valence-corrected chi connectivity index (χ4v) is 10.5. The van der Waals surface area contributed by atoms with E-state index in [1.165, 1.54) is 60.8 Å². The van der Waals surface area contributed by atoms with Crippen molar-refractivity contribution in [3.8, 4) is 44.5 Å². The summed E-state index contributed by atoms with van der Waals surface area (Å²) in [7, 11) is 0. The highest BCUT2D eigenvalue weighted by molar-refractivity contribution is 6.21. The van der Waals surface area contributed by atoms with Gasteiger partial charge in [-0.3, -0.25) is 0 Å². The van der Waals surface area contributed by atoms with Gasteiger partial charge in [-0.1, -0.05) is 190 Å². The zero-order chi connectivity index (χ0) is 42.1. The van der Waals surface area contributed by atoms with E-state index < -0.39 is 0 Å². The molecule has 12 rings (SSSR count). The molecule has 0 N–H and O–H groups in total. The molecule has 2 aliphatic rings. The molecule has 0 saturated carbocycles. The third-order valence-electron chi connectivity index (χ3n) is 13.6. The minimum Gasteiger partial charge on any atom is -0.455 e. The van der Waals surface area contributed by atoms with Crippen LogP contribution in [-0.4, -0.2) is 0 Å². The third-order valence-corrected chi connectivity index (χ3v) is 13.6. The first-order valence-corrected chi connectivity index (χ1v) is 22.1. The van der Waals surface area contributed by atoms with Crippen LogP contribution in [0.5, 0.6) is 0 Å². The minimum absolute atomic E-state index is 0.130. The summed E-state index contributed by atoms with van der Waals surface area (Å²) in [6.07, 6.45) is 9.91. The first-order chi connectivity index (χ1) is 31.0. The van der Waals surface area contributed by atoms with Gasteiger partial charge in [-0.2, -0.15) is 0 Å². The van der Waals surface area contributed by atoms with Crippen LogP contribution in [0, 0.1) is 0 Å². The lowest BCUT2D eigenvalue weighted by molar-refractivity contribution is 0.660. The molecule has 0 bridgehead atoms. The Morgan fingerprint density at radius 3 is 1.89 bits per heavy atom. The molecule has 300 valence electrons. The standard InChI is InChI=1S/C61H45NO/c1-61(2)56-28-15-14-26-51(56)52-34-33-47(38-57(52)61)62(45-31-29-41(30-32-45)40-17-6-3-7-18-40)46-24-16-23-44(37-46)49-36-35-48(42-19-8-4-9-20-42)58-55-39-54(43-21-10-5-11-22-43)50-25-12-13-27-53(50)59(55)63-60(49)58/h3-19,21-39,42H,20H2,1-2H3. The van der Waals surface area contributed by atoms with Crippen molar-refractivity contribution in [1.82, 2.24) is 0 Å². The normalized spacial score (nSPS) is 14.9. The molecule has 1 heterocycles. The van der Waals surface area contributed by atoms with Crippen molar-refractivity contribution < 1.29 is 4.42 Å². The maximum absolute atomic E-state index is 7.25. The van der Waals surface area contributed by atoms with E-state index >= 15 is 0 Å². The number of nitrogens with zero attached hydrogens (tertiary/aromatic N) is 1. The van der Waals surface area contributed by atoms with Gasteiger partial charge in [-0.25, -0.2) is 0 Å². The SMILES string of the molecule is CC1(C)c2ccccc2-c2ccc(N(c3ccc(-c4ccccc4)cc3)c3cccc(-c4ccc(C5C=CC=CC5)c5c4oc4c6ccccc6c(-c6ccccc6)cc45)c3)cc21. The van der Waals surface area contributed by atoms with E-state index in [-0.39, 0.29) is 11.3 Å². The number of furan rings is 1. The van der Waals surface area contributed by atoms with Gasteiger partial charge in [0.1, 0.15) is 11.2 Å². The number of anilines is 3. The molecule has 2 nitrogen and oxygen atoms in total. The van der Waals surface area contributed by atoms with E-state index in [0.717, 1.165) is 56.5 Å². The van der Waals surface area contributed by atoms with Gasteiger partial charge in [0, 0.05) is 50.1 Å². The molecule has 0 amide bonds. The fraction of sp³-hybridized carbons (Fsp3) is 0.0820. The summed E-state index contributed by atoms with van der Waals surface area (Å²) in [6.45, 7) is 4.71. The molecular weight excluding hydrogens is 763 g/mol. The molecule has 0 fully saturated rings. The fourth-order valence-electron chi connectivity index (χ4n) is 10.5. The Hall–Kier alpha value is -7.68. The molecular formula is C61H45NO. The third kappa shape index (κ3) is 6.09. The van der Waals surface area contributed by atoms with Crippen molar-refractivity contribution >= 4 is 49.8 Å². The lowest BCUT2D eigenvalue weighted by Crippen LogP contribution is -2.16. The van der Waals surface area contributed by atoms with Crippen LogP contribution in [0.25, 0.3) is 77.2 Å². The van der Waals surface area contributed by atoms with E-state index in [1.54, 1.807) is 0 Å². The highest BCUT2D eigenvalue weighted by atomic mass is 16.3. The topological polar surface area (TPSA) is 16.4 Å². The van der Waals surface area contributed by atoms with Crippen molar-refractivity contribution in [1.29, 1.82) is 0 Å². The van der Waals surface area contributed by atoms with Crippen LogP contribution in [0.15, 0.2) is 223 Å². The second-order valence-corrected chi connectivity index (χ2v) is 17.6. The van der Waals surface area contributed by atoms with E-state index in [1.807, 2.05) is 0 Å². The Labute approximate surface area is 368 Å². The van der Waals surface area contributed by atoms with Crippen LogP contribution in [0.2, 0.25) is 0 Å². The highest BCUT2D eigenvalue weighted by Gasteiger charge is 2.36. The summed E-state index contributed by atoms with van der Waals surface area (Å²) in [5.41, 5.74) is 18.7. The second-order valence-electron chi connectivity index (χ2n) is 17.6. The van der Waals surface area contributed by atoms with E-state index in [4.69, 9.17) is 4.42 Å². The van der Waals surface area contributed by atoms with Gasteiger partial charge in [-0.15, -0.1) is 0 Å². The molecule has 0 spiro atoms. The molecule has 2 aliphatic carbocycles. The summed E-state index contributed by atoms with van der Waals surface area (Å²) in [6, 6.07) is 71.0. The van der Waals surface area contributed by atoms with Gasteiger partial charge in [0.05, 0.1) is 0 Å². The number of allylic oxidation sites excluding steroid dienone is 4. The van der Waals surface area contributed by atoms with Gasteiger partial charge in [-0.05, 0) is 110 Å². The average molecular weight is 808 g/mol. The lowest BCUT2D eigenvalue weighted by Gasteiger charge is -2.28. The Bertz CT molecular complexity index is 3440. The quantitative estimate of drug-likeness (QED) is 0.159. The molecule has 10 aromatic rings. The lowest BCUT2D eigenvalue weighted by atomic mass is 9.82. The van der Waals surface area contributed by atoms with Crippen molar-refractivity contribution in [2.45, 2.75) is 31.6 Å². The van der Waals surface area contributed by atoms with E-state index in [2.05, 4.69) is 237 Å². The van der Waals surface area contributed by atoms with Crippen LogP contribution >= 0.6 is 0 Å². The number of hydrogen-bond acceptors (Lipinski definition) is 2. The van der Waals surface area contributed by atoms with Crippen LogP contribution < -0.4 is 4.90 Å². The summed E-state index contributed by atoms with van der Waals surface area (Å²) < 4.78 is 7.25. The van der Waals surface area contributed by atoms with Crippen LogP contribution in [0.3, 0.4) is 0 Å². The number of rotatable bonds is 7. The molecule has 0 aliphatic heterocycles. The Kier molecular flexibility index (Phi) is 8.69. The first-order valence-electron chi connectivity index (χ1n) is 22.1. The molecule has 1 unspecified atom stereocenters. The molecule has 63 heavy (non-hydrogen) atoms. The van der Waals surface area contributed by atoms with Crippen molar-refractivity contribution in [2.75, 3.05) is 4.90 Å². The average Bonchev–Trinajstić information content (AvgIpc) is 3.85. The first kappa shape index (κ1) is 37.1. The van der Waals surface area contributed by atoms with Crippen molar-refractivity contribution in [3.05, 3.63) is 235 Å². The van der Waals surface area contributed by atoms with Crippen molar-refractivity contribution in [3.63, 3.8) is 0 Å². The zero-order valence-corrected chi connectivity index (χ0v) is 35.4. The molecule has 0 radical (unpaired) electrons. The highest BCUT2D eigenvalue weighted by Crippen LogP contribution is 2.51. The van der Waals surface area contributed by atoms with Gasteiger partial charge in [0.2, 0.25) is 0 Å². The minimum atomic E-state index is -0.130. The maximum atomic E-state index is 7.25. The monoisotopic (exact) mass is 807 g/mol. The molecule has 0 saturated heterocycles. The summed E-state index contributed by atoms with van der Waals surface area (Å²) >= 11 is 0. The van der Waals surface area contributed by atoms with E-state index in [9.17, 15) is 0 Å². The van der Waals surface area contributed by atoms with E-state index in [0.29, 0.717) is 0 Å². The summed E-state index contributed by atoms with van der Waals surface area (Å²) in [4.78, 5) is 2.42. The molecule has 9 aromatic carbocycles. The molecule has 1 aromatic heterocycles. The largest absolute Gasteiger partial charge is 0.455 e. The predicted molar refractivity (Wildman–Crippen MR) is 265 cm³/mol. The number of hydrogen-bond donors (Lipinski definition) is 0. The second kappa shape index (κ2) is 14.8. The smallest absolute Gasteiger partial charge is 0.143 e. The van der Waals surface area contributed by atoms with Crippen LogP contribution in [0.1, 0.15) is 42.9 Å². The van der Waals surface area contributed by atoms with Gasteiger partial charge < -0.3 is 9.32 Å². The Morgan fingerprint density at radius 2 is 1.10 bits per heavy atom. The van der Waals surface area contributed by atoms with Gasteiger partial charge >= 0.3 is 0 Å². The van der Waals surface area contributed by atoms with Crippen LogP contribution in [-0.2, 0) is 5.41 Å². The Balaban J connectivity index is 1.06. The number of benzene rings is 9. The van der Waals surface area contributed by atoms with Crippen molar-refractivity contribution in [2.24, 2.45) is 0 Å². The maximum Gasteiger partial charge on any atom is 0.143 e. The molecule has 1 atom stereocenters. The summed E-state index contributed by atoms with van der Waals surface area (Å²) in [5.74, 6) is 0.245. The number of fused-ring (bicyclic) bond motifs is 8. The zero-order valence-electron chi connectivity index (χ0n) is 35.4. The summed E-state index contributed by atoms with van der Waals surface area (Å²) in [5, 5.41) is 4.66.